The average molecular weight is 290 g/mol. The van der Waals surface area contributed by atoms with Gasteiger partial charge in [0, 0.05) is 6.54 Å². The van der Waals surface area contributed by atoms with Crippen molar-refractivity contribution in [2.45, 2.75) is 31.7 Å². The molecule has 1 aromatic carbocycles. The van der Waals surface area contributed by atoms with Gasteiger partial charge in [-0.3, -0.25) is 4.79 Å². The molecular weight excluding hydrogens is 268 g/mol. The van der Waals surface area contributed by atoms with Crippen LogP contribution in [0.1, 0.15) is 24.8 Å². The van der Waals surface area contributed by atoms with Crippen molar-refractivity contribution in [3.8, 4) is 11.5 Å². The first-order valence-corrected chi connectivity index (χ1v) is 7.72. The molecule has 5 nitrogen and oxygen atoms in total. The number of ether oxygens (including phenoxy) is 2. The van der Waals surface area contributed by atoms with E-state index in [0.717, 1.165) is 42.9 Å². The van der Waals surface area contributed by atoms with E-state index >= 15 is 0 Å². The third-order valence-corrected chi connectivity index (χ3v) is 3.95. The van der Waals surface area contributed by atoms with E-state index < -0.39 is 0 Å². The fourth-order valence-electron chi connectivity index (χ4n) is 2.77. The Balaban J connectivity index is 1.47. The number of rotatable bonds is 4. The standard InChI is InChI=1S/C16H22N2O3/c19-16(13-3-1-2-7-17-13)18-8-6-12-4-5-14-15(11-12)21-10-9-20-14/h4-5,11,13,17H,1-3,6-10H2,(H,18,19)/t13-/m1/s1. The zero-order valence-electron chi connectivity index (χ0n) is 12.2. The molecule has 1 amide bonds. The minimum atomic E-state index is -0.0148. The molecule has 1 atom stereocenters. The highest BCUT2D eigenvalue weighted by Gasteiger charge is 2.19. The first kappa shape index (κ1) is 14.2. The Morgan fingerprint density at radius 2 is 2.10 bits per heavy atom. The minimum absolute atomic E-state index is 0.0148. The summed E-state index contributed by atoms with van der Waals surface area (Å²) in [7, 11) is 0. The molecule has 2 heterocycles. The third kappa shape index (κ3) is 3.67. The summed E-state index contributed by atoms with van der Waals surface area (Å²) in [5.74, 6) is 1.73. The maximum absolute atomic E-state index is 12.0. The molecule has 2 aliphatic rings. The number of carbonyl (C=O) groups is 1. The second-order valence-corrected chi connectivity index (χ2v) is 5.52. The monoisotopic (exact) mass is 290 g/mol. The Morgan fingerprint density at radius 1 is 1.24 bits per heavy atom. The van der Waals surface area contributed by atoms with Gasteiger partial charge < -0.3 is 20.1 Å². The van der Waals surface area contributed by atoms with Crippen molar-refractivity contribution in [2.75, 3.05) is 26.3 Å². The molecule has 2 N–H and O–H groups in total. The van der Waals surface area contributed by atoms with Crippen molar-refractivity contribution < 1.29 is 14.3 Å². The average Bonchev–Trinajstić information content (AvgIpc) is 2.55. The van der Waals surface area contributed by atoms with E-state index in [4.69, 9.17) is 9.47 Å². The van der Waals surface area contributed by atoms with Gasteiger partial charge in [-0.15, -0.1) is 0 Å². The van der Waals surface area contributed by atoms with E-state index in [1.165, 1.54) is 6.42 Å². The number of amides is 1. The Labute approximate surface area is 125 Å². The highest BCUT2D eigenvalue weighted by atomic mass is 16.6. The molecule has 1 saturated heterocycles. The first-order valence-electron chi connectivity index (χ1n) is 7.72. The van der Waals surface area contributed by atoms with Crippen molar-refractivity contribution >= 4 is 5.91 Å². The van der Waals surface area contributed by atoms with E-state index in [9.17, 15) is 4.79 Å². The number of piperidine rings is 1. The maximum Gasteiger partial charge on any atom is 0.237 e. The van der Waals surface area contributed by atoms with Gasteiger partial charge in [0.1, 0.15) is 13.2 Å². The molecule has 114 valence electrons. The number of nitrogens with one attached hydrogen (secondary N) is 2. The quantitative estimate of drug-likeness (QED) is 0.876. The zero-order valence-corrected chi connectivity index (χ0v) is 12.2. The van der Waals surface area contributed by atoms with Crippen molar-refractivity contribution in [1.29, 1.82) is 0 Å². The topological polar surface area (TPSA) is 59.6 Å². The molecule has 2 aliphatic heterocycles. The largest absolute Gasteiger partial charge is 0.486 e. The van der Waals surface area contributed by atoms with E-state index in [0.29, 0.717) is 19.8 Å². The number of carbonyl (C=O) groups excluding carboxylic acids is 1. The molecule has 0 aliphatic carbocycles. The third-order valence-electron chi connectivity index (χ3n) is 3.95. The SMILES string of the molecule is O=C(NCCc1ccc2c(c1)OCCO2)[C@H]1CCCCN1. The zero-order chi connectivity index (χ0) is 14.5. The van der Waals surface area contributed by atoms with Gasteiger partial charge in [0.25, 0.3) is 0 Å². The van der Waals surface area contributed by atoms with Crippen molar-refractivity contribution in [3.63, 3.8) is 0 Å². The van der Waals surface area contributed by atoms with Crippen LogP contribution in [-0.4, -0.2) is 38.3 Å². The van der Waals surface area contributed by atoms with Gasteiger partial charge in [0.2, 0.25) is 5.91 Å². The summed E-state index contributed by atoms with van der Waals surface area (Å²) in [6.45, 7) is 2.80. The summed E-state index contributed by atoms with van der Waals surface area (Å²) in [6, 6.07) is 5.95. The van der Waals surface area contributed by atoms with Crippen LogP contribution in [-0.2, 0) is 11.2 Å². The molecule has 0 bridgehead atoms. The highest BCUT2D eigenvalue weighted by Crippen LogP contribution is 2.30. The first-order chi connectivity index (χ1) is 10.3. The van der Waals surface area contributed by atoms with Crippen molar-refractivity contribution in [1.82, 2.24) is 10.6 Å². The molecule has 3 rings (SSSR count). The van der Waals surface area contributed by atoms with Crippen LogP contribution in [0.5, 0.6) is 11.5 Å². The smallest absolute Gasteiger partial charge is 0.237 e. The van der Waals surface area contributed by atoms with E-state index in [1.54, 1.807) is 0 Å². The van der Waals surface area contributed by atoms with Gasteiger partial charge in [0.05, 0.1) is 6.04 Å². The summed E-state index contributed by atoms with van der Waals surface area (Å²) >= 11 is 0. The lowest BCUT2D eigenvalue weighted by atomic mass is 10.0. The van der Waals surface area contributed by atoms with Crippen molar-refractivity contribution in [3.05, 3.63) is 23.8 Å². The van der Waals surface area contributed by atoms with E-state index in [1.807, 2.05) is 18.2 Å². The Morgan fingerprint density at radius 3 is 2.90 bits per heavy atom. The number of fused-ring (bicyclic) bond motifs is 1. The lowest BCUT2D eigenvalue weighted by Crippen LogP contribution is -2.47. The highest BCUT2D eigenvalue weighted by molar-refractivity contribution is 5.81. The summed E-state index contributed by atoms with van der Waals surface area (Å²) in [6.07, 6.45) is 4.04. The summed E-state index contributed by atoms with van der Waals surface area (Å²) in [4.78, 5) is 12.0. The van der Waals surface area contributed by atoms with Crippen LogP contribution in [0.3, 0.4) is 0 Å². The molecule has 0 saturated carbocycles. The van der Waals surface area contributed by atoms with Gasteiger partial charge in [-0.05, 0) is 43.5 Å². The predicted octanol–water partition coefficient (Wildman–Crippen LogP) is 1.26. The molecule has 21 heavy (non-hydrogen) atoms. The fraction of sp³-hybridized carbons (Fsp3) is 0.562. The lowest BCUT2D eigenvalue weighted by molar-refractivity contribution is -0.123. The Bertz CT molecular complexity index is 498. The minimum Gasteiger partial charge on any atom is -0.486 e. The van der Waals surface area contributed by atoms with Crippen LogP contribution in [0.25, 0.3) is 0 Å². The fourth-order valence-corrected chi connectivity index (χ4v) is 2.77. The summed E-state index contributed by atoms with van der Waals surface area (Å²) in [5.41, 5.74) is 1.15. The predicted molar refractivity (Wildman–Crippen MR) is 79.8 cm³/mol. The van der Waals surface area contributed by atoms with Crippen LogP contribution in [0, 0.1) is 0 Å². The second-order valence-electron chi connectivity index (χ2n) is 5.52. The summed E-state index contributed by atoms with van der Waals surface area (Å²) in [5, 5.41) is 6.27. The van der Waals surface area contributed by atoms with Gasteiger partial charge in [-0.2, -0.15) is 0 Å². The van der Waals surface area contributed by atoms with Gasteiger partial charge >= 0.3 is 0 Å². The lowest BCUT2D eigenvalue weighted by Gasteiger charge is -2.22. The molecule has 5 heteroatoms. The van der Waals surface area contributed by atoms with Crippen LogP contribution in [0.15, 0.2) is 18.2 Å². The van der Waals surface area contributed by atoms with Crippen molar-refractivity contribution in [2.24, 2.45) is 0 Å². The maximum atomic E-state index is 12.0. The summed E-state index contributed by atoms with van der Waals surface area (Å²) < 4.78 is 11.1. The molecule has 1 aromatic rings. The second kappa shape index (κ2) is 6.80. The Kier molecular flexibility index (Phi) is 4.60. The molecule has 0 aromatic heterocycles. The molecule has 0 radical (unpaired) electrons. The number of hydrogen-bond acceptors (Lipinski definition) is 4. The molecule has 1 fully saturated rings. The number of hydrogen-bond donors (Lipinski definition) is 2. The molecule has 0 spiro atoms. The van der Waals surface area contributed by atoms with Gasteiger partial charge in [0.15, 0.2) is 11.5 Å². The molecule has 0 unspecified atom stereocenters. The van der Waals surface area contributed by atoms with E-state index in [-0.39, 0.29) is 11.9 Å². The van der Waals surface area contributed by atoms with Gasteiger partial charge in [-0.1, -0.05) is 12.5 Å². The van der Waals surface area contributed by atoms with E-state index in [2.05, 4.69) is 10.6 Å². The van der Waals surface area contributed by atoms with Crippen LogP contribution < -0.4 is 20.1 Å². The molecular formula is C16H22N2O3. The van der Waals surface area contributed by atoms with Crippen LogP contribution in [0.4, 0.5) is 0 Å². The number of benzene rings is 1. The van der Waals surface area contributed by atoms with Crippen LogP contribution in [0.2, 0.25) is 0 Å². The van der Waals surface area contributed by atoms with Gasteiger partial charge in [-0.25, -0.2) is 0 Å². The normalized spacial score (nSPS) is 20.9. The van der Waals surface area contributed by atoms with Crippen LogP contribution >= 0.6 is 0 Å². The Hall–Kier alpha value is -1.75.